The molecule has 0 aromatic heterocycles. The summed E-state index contributed by atoms with van der Waals surface area (Å²) in [5.74, 6) is -2.63. The van der Waals surface area contributed by atoms with Gasteiger partial charge < -0.3 is 14.6 Å². The SMILES string of the molecule is COOCCC(CC(=O)[O-])C(=O)OC. The van der Waals surface area contributed by atoms with Gasteiger partial charge in [0.25, 0.3) is 0 Å². The van der Waals surface area contributed by atoms with Crippen LogP contribution in [0.25, 0.3) is 0 Å². The molecule has 0 saturated heterocycles. The monoisotopic (exact) mass is 205 g/mol. The third-order valence-corrected chi connectivity index (χ3v) is 1.62. The van der Waals surface area contributed by atoms with Crippen molar-refractivity contribution in [3.05, 3.63) is 0 Å². The Morgan fingerprint density at radius 3 is 2.43 bits per heavy atom. The molecular weight excluding hydrogens is 192 g/mol. The summed E-state index contributed by atoms with van der Waals surface area (Å²) in [4.78, 5) is 30.1. The molecule has 0 radical (unpaired) electrons. The molecular formula is C8H13O6-. The first-order chi connectivity index (χ1) is 6.61. The van der Waals surface area contributed by atoms with Crippen molar-refractivity contribution >= 4 is 11.9 Å². The summed E-state index contributed by atoms with van der Waals surface area (Å²) < 4.78 is 4.42. The van der Waals surface area contributed by atoms with Gasteiger partial charge >= 0.3 is 5.97 Å². The van der Waals surface area contributed by atoms with E-state index < -0.39 is 17.9 Å². The van der Waals surface area contributed by atoms with E-state index in [9.17, 15) is 14.7 Å². The van der Waals surface area contributed by atoms with Crippen molar-refractivity contribution in [2.24, 2.45) is 5.92 Å². The van der Waals surface area contributed by atoms with E-state index >= 15 is 0 Å². The lowest BCUT2D eigenvalue weighted by Crippen LogP contribution is -2.29. The maximum absolute atomic E-state index is 11.0. The van der Waals surface area contributed by atoms with Crippen LogP contribution in [-0.4, -0.2) is 32.8 Å². The molecule has 0 bridgehead atoms. The van der Waals surface area contributed by atoms with Crippen LogP contribution in [0, 0.1) is 5.92 Å². The molecule has 0 N–H and O–H groups in total. The number of esters is 1. The van der Waals surface area contributed by atoms with Crippen molar-refractivity contribution in [1.29, 1.82) is 0 Å². The summed E-state index contributed by atoms with van der Waals surface area (Å²) >= 11 is 0. The molecule has 0 aliphatic carbocycles. The third-order valence-electron chi connectivity index (χ3n) is 1.62. The van der Waals surface area contributed by atoms with Crippen LogP contribution in [0.5, 0.6) is 0 Å². The van der Waals surface area contributed by atoms with Crippen molar-refractivity contribution in [2.45, 2.75) is 12.8 Å². The maximum atomic E-state index is 11.0. The van der Waals surface area contributed by atoms with Gasteiger partial charge in [-0.2, -0.15) is 0 Å². The van der Waals surface area contributed by atoms with Gasteiger partial charge in [-0.25, -0.2) is 9.78 Å². The zero-order valence-corrected chi connectivity index (χ0v) is 8.15. The Morgan fingerprint density at radius 2 is 2.00 bits per heavy atom. The first-order valence-corrected chi connectivity index (χ1v) is 4.05. The Hall–Kier alpha value is -1.14. The molecule has 0 rings (SSSR count). The predicted octanol–water partition coefficient (Wildman–Crippen LogP) is -1.12. The molecule has 0 aromatic rings. The Balaban J connectivity index is 3.97. The second kappa shape index (κ2) is 7.28. The Bertz CT molecular complexity index is 190. The van der Waals surface area contributed by atoms with Crippen LogP contribution in [0.1, 0.15) is 12.8 Å². The topological polar surface area (TPSA) is 84.9 Å². The zero-order chi connectivity index (χ0) is 11.0. The quantitative estimate of drug-likeness (QED) is 0.226. The van der Waals surface area contributed by atoms with Crippen molar-refractivity contribution in [3.8, 4) is 0 Å². The van der Waals surface area contributed by atoms with Crippen LogP contribution < -0.4 is 5.11 Å². The number of methoxy groups -OCH3 is 1. The summed E-state index contributed by atoms with van der Waals surface area (Å²) in [5, 5.41) is 10.3. The highest BCUT2D eigenvalue weighted by molar-refractivity contribution is 5.78. The number of ether oxygens (including phenoxy) is 1. The van der Waals surface area contributed by atoms with Crippen molar-refractivity contribution in [3.63, 3.8) is 0 Å². The summed E-state index contributed by atoms with van der Waals surface area (Å²) in [7, 11) is 2.52. The van der Waals surface area contributed by atoms with Gasteiger partial charge in [0, 0.05) is 12.4 Å². The van der Waals surface area contributed by atoms with E-state index in [1.807, 2.05) is 0 Å². The Morgan fingerprint density at radius 1 is 1.36 bits per heavy atom. The number of hydrogen-bond donors (Lipinski definition) is 0. The van der Waals surface area contributed by atoms with Gasteiger partial charge in [-0.15, -0.1) is 0 Å². The largest absolute Gasteiger partial charge is 0.550 e. The molecule has 0 heterocycles. The molecule has 14 heavy (non-hydrogen) atoms. The minimum atomic E-state index is -1.29. The molecule has 1 unspecified atom stereocenters. The van der Waals surface area contributed by atoms with E-state index in [-0.39, 0.29) is 19.4 Å². The minimum Gasteiger partial charge on any atom is -0.550 e. The lowest BCUT2D eigenvalue weighted by molar-refractivity contribution is -0.307. The number of aliphatic carboxylic acids is 1. The molecule has 82 valence electrons. The highest BCUT2D eigenvalue weighted by Gasteiger charge is 2.19. The summed E-state index contributed by atoms with van der Waals surface area (Å²) in [5.41, 5.74) is 0. The van der Waals surface area contributed by atoms with Crippen molar-refractivity contribution in [2.75, 3.05) is 20.8 Å². The molecule has 0 spiro atoms. The van der Waals surface area contributed by atoms with Gasteiger partial charge in [-0.05, 0) is 6.42 Å². The second-order valence-corrected chi connectivity index (χ2v) is 2.57. The van der Waals surface area contributed by atoms with E-state index in [1.165, 1.54) is 14.2 Å². The molecule has 0 saturated carbocycles. The van der Waals surface area contributed by atoms with Crippen molar-refractivity contribution in [1.82, 2.24) is 0 Å². The summed E-state index contributed by atoms with van der Waals surface area (Å²) in [6, 6.07) is 0. The fourth-order valence-corrected chi connectivity index (χ4v) is 0.945. The van der Waals surface area contributed by atoms with Gasteiger partial charge in [-0.3, -0.25) is 4.79 Å². The Kier molecular flexibility index (Phi) is 6.69. The molecule has 0 fully saturated rings. The van der Waals surface area contributed by atoms with Crippen molar-refractivity contribution < 1.29 is 29.2 Å². The van der Waals surface area contributed by atoms with Crippen LogP contribution in [-0.2, 0) is 24.1 Å². The van der Waals surface area contributed by atoms with E-state index in [1.54, 1.807) is 0 Å². The average molecular weight is 205 g/mol. The van der Waals surface area contributed by atoms with Gasteiger partial charge in [-0.1, -0.05) is 0 Å². The summed E-state index contributed by atoms with van der Waals surface area (Å²) in [6.45, 7) is 0.129. The van der Waals surface area contributed by atoms with Crippen LogP contribution in [0.15, 0.2) is 0 Å². The predicted molar refractivity (Wildman–Crippen MR) is 42.7 cm³/mol. The minimum absolute atomic E-state index is 0.129. The first kappa shape index (κ1) is 12.9. The molecule has 0 aliphatic heterocycles. The van der Waals surface area contributed by atoms with Crippen LogP contribution in [0.4, 0.5) is 0 Å². The fraction of sp³-hybridized carbons (Fsp3) is 0.750. The van der Waals surface area contributed by atoms with Gasteiger partial charge in [0.05, 0.1) is 26.7 Å². The fourth-order valence-electron chi connectivity index (χ4n) is 0.945. The molecule has 6 nitrogen and oxygen atoms in total. The highest BCUT2D eigenvalue weighted by atomic mass is 17.2. The van der Waals surface area contributed by atoms with E-state index in [4.69, 9.17) is 0 Å². The average Bonchev–Trinajstić information content (AvgIpc) is 2.15. The smallest absolute Gasteiger partial charge is 0.309 e. The highest BCUT2D eigenvalue weighted by Crippen LogP contribution is 2.10. The van der Waals surface area contributed by atoms with Gasteiger partial charge in [0.15, 0.2) is 0 Å². The maximum Gasteiger partial charge on any atom is 0.309 e. The molecule has 1 atom stereocenters. The number of carbonyl (C=O) groups excluding carboxylic acids is 2. The van der Waals surface area contributed by atoms with Crippen LogP contribution in [0.3, 0.4) is 0 Å². The molecule has 0 aliphatic rings. The number of carbonyl (C=O) groups is 2. The molecule has 6 heteroatoms. The zero-order valence-electron chi connectivity index (χ0n) is 8.15. The first-order valence-electron chi connectivity index (χ1n) is 4.05. The lowest BCUT2D eigenvalue weighted by Gasteiger charge is -2.14. The number of rotatable bonds is 7. The van der Waals surface area contributed by atoms with Crippen LogP contribution in [0.2, 0.25) is 0 Å². The Labute approximate surface area is 81.7 Å². The van der Waals surface area contributed by atoms with Gasteiger partial charge in [0.2, 0.25) is 0 Å². The van der Waals surface area contributed by atoms with E-state index in [0.29, 0.717) is 0 Å². The lowest BCUT2D eigenvalue weighted by atomic mass is 10.0. The van der Waals surface area contributed by atoms with Crippen LogP contribution >= 0.6 is 0 Å². The number of hydrogen-bond acceptors (Lipinski definition) is 6. The molecule has 0 amide bonds. The van der Waals surface area contributed by atoms with E-state index in [0.717, 1.165) is 0 Å². The second-order valence-electron chi connectivity index (χ2n) is 2.57. The van der Waals surface area contributed by atoms with Gasteiger partial charge in [0.1, 0.15) is 0 Å². The molecule has 0 aromatic carbocycles. The summed E-state index contributed by atoms with van der Waals surface area (Å²) in [6.07, 6.45) is -0.158. The number of carboxylic acid groups (broad SMARTS) is 1. The normalized spacial score (nSPS) is 12.1. The van der Waals surface area contributed by atoms with E-state index in [2.05, 4.69) is 14.5 Å². The third kappa shape index (κ3) is 5.50. The number of carboxylic acids is 1. The standard InChI is InChI=1S/C8H14O6/c1-12-8(11)6(5-7(9)10)3-4-14-13-2/h6H,3-5H2,1-2H3,(H,9,10)/p-1.